The number of urea groups is 1. The van der Waals surface area contributed by atoms with E-state index in [1.165, 1.54) is 7.05 Å². The van der Waals surface area contributed by atoms with E-state index in [2.05, 4.69) is 10.3 Å². The number of amidine groups is 1. The van der Waals surface area contributed by atoms with E-state index in [9.17, 15) is 14.7 Å². The molecule has 0 aromatic heterocycles. The van der Waals surface area contributed by atoms with Gasteiger partial charge in [-0.05, 0) is 35.4 Å². The number of hydrogen-bond donors (Lipinski definition) is 3. The van der Waals surface area contributed by atoms with Gasteiger partial charge in [-0.1, -0.05) is 24.3 Å². The molecule has 178 valence electrons. The van der Waals surface area contributed by atoms with Crippen molar-refractivity contribution >= 4 is 23.5 Å². The molecule has 2 aromatic carbocycles. The Labute approximate surface area is 197 Å². The third-order valence-corrected chi connectivity index (χ3v) is 6.18. The number of amides is 3. The number of carbonyl (C=O) groups is 2. The minimum Gasteiger partial charge on any atom is -0.497 e. The van der Waals surface area contributed by atoms with E-state index in [1.54, 1.807) is 38.5 Å². The molecule has 1 fully saturated rings. The number of likely N-dealkylation sites (N-methyl/N-ethyl adjacent to an activating group) is 2. The van der Waals surface area contributed by atoms with Crippen LogP contribution in [0.15, 0.2) is 58.5 Å². The van der Waals surface area contributed by atoms with Crippen molar-refractivity contribution < 1.29 is 29.1 Å². The molecule has 4 atom stereocenters. The highest BCUT2D eigenvalue weighted by Gasteiger charge is 2.43. The Bertz CT molecular complexity index is 1130. The lowest BCUT2D eigenvalue weighted by Gasteiger charge is -2.23. The van der Waals surface area contributed by atoms with Crippen LogP contribution in [0.3, 0.4) is 0 Å². The molecule has 10 nitrogen and oxygen atoms in total. The van der Waals surface area contributed by atoms with Crippen LogP contribution in [0.1, 0.15) is 17.2 Å². The van der Waals surface area contributed by atoms with Gasteiger partial charge < -0.3 is 14.6 Å². The van der Waals surface area contributed by atoms with Gasteiger partial charge in [0.05, 0.1) is 21.3 Å². The third-order valence-electron chi connectivity index (χ3n) is 6.18. The Morgan fingerprint density at radius 3 is 2.21 bits per heavy atom. The van der Waals surface area contributed by atoms with Gasteiger partial charge in [-0.15, -0.1) is 0 Å². The van der Waals surface area contributed by atoms with Crippen LogP contribution in [0.2, 0.25) is 0 Å². The number of rotatable bonds is 7. The summed E-state index contributed by atoms with van der Waals surface area (Å²) in [5, 5.41) is 13.7. The van der Waals surface area contributed by atoms with Crippen molar-refractivity contribution in [3.63, 3.8) is 0 Å². The molecule has 2 aliphatic heterocycles. The summed E-state index contributed by atoms with van der Waals surface area (Å²) >= 11 is 0. The average molecular weight is 467 g/mol. The SMILES string of the molecule is COc1ccc(CC2C(C(O)c3ccc(OC)cc3)=NC(N=C3NC(=O)N(C)C3=O)[NH+]2C)cc1. The summed E-state index contributed by atoms with van der Waals surface area (Å²) in [6, 6.07) is 14.1. The second-order valence-corrected chi connectivity index (χ2v) is 8.22. The van der Waals surface area contributed by atoms with Crippen molar-refractivity contribution in [2.24, 2.45) is 9.98 Å². The first-order valence-electron chi connectivity index (χ1n) is 10.8. The molecule has 2 aromatic rings. The molecule has 0 spiro atoms. The maximum absolute atomic E-state index is 12.3. The number of nitrogens with zero attached hydrogens (tertiary/aromatic N) is 3. The first kappa shape index (κ1) is 23.4. The highest BCUT2D eigenvalue weighted by molar-refractivity contribution is 6.47. The van der Waals surface area contributed by atoms with Gasteiger partial charge in [-0.2, -0.15) is 4.99 Å². The number of hydrogen-bond acceptors (Lipinski definition) is 7. The summed E-state index contributed by atoms with van der Waals surface area (Å²) in [7, 11) is 6.50. The van der Waals surface area contributed by atoms with Crippen LogP contribution in [0.4, 0.5) is 4.79 Å². The van der Waals surface area contributed by atoms with Gasteiger partial charge in [0.15, 0.2) is 0 Å². The molecule has 0 radical (unpaired) electrons. The van der Waals surface area contributed by atoms with Crippen LogP contribution in [-0.2, 0) is 11.2 Å². The number of nitrogens with one attached hydrogen (secondary N) is 2. The van der Waals surface area contributed by atoms with Crippen LogP contribution < -0.4 is 19.7 Å². The van der Waals surface area contributed by atoms with Gasteiger partial charge in [0, 0.05) is 13.5 Å². The van der Waals surface area contributed by atoms with Crippen LogP contribution in [-0.4, -0.2) is 74.1 Å². The molecule has 4 rings (SSSR count). The van der Waals surface area contributed by atoms with Crippen molar-refractivity contribution in [1.82, 2.24) is 10.2 Å². The van der Waals surface area contributed by atoms with Crippen LogP contribution in [0.5, 0.6) is 11.5 Å². The number of aliphatic imine (C=N–C) groups is 2. The summed E-state index contributed by atoms with van der Waals surface area (Å²) in [4.78, 5) is 35.1. The van der Waals surface area contributed by atoms with E-state index in [0.717, 1.165) is 21.1 Å². The van der Waals surface area contributed by atoms with Crippen molar-refractivity contribution in [2.45, 2.75) is 24.9 Å². The lowest BCUT2D eigenvalue weighted by Crippen LogP contribution is -3.15. The van der Waals surface area contributed by atoms with E-state index in [4.69, 9.17) is 14.5 Å². The van der Waals surface area contributed by atoms with Gasteiger partial charge in [0.2, 0.25) is 5.84 Å². The Morgan fingerprint density at radius 1 is 1.09 bits per heavy atom. The number of aliphatic hydroxyl groups excluding tert-OH is 1. The summed E-state index contributed by atoms with van der Waals surface area (Å²) in [6.45, 7) is 0. The molecular formula is C24H28N5O5+. The molecule has 0 bridgehead atoms. The quantitative estimate of drug-likeness (QED) is 0.504. The van der Waals surface area contributed by atoms with E-state index in [-0.39, 0.29) is 11.9 Å². The lowest BCUT2D eigenvalue weighted by atomic mass is 9.94. The standard InChI is InChI=1S/C24H27N5O5/c1-28-18(13-14-5-9-16(33-3)10-6-14)19(20(30)15-7-11-17(34-4)12-8-15)25-23(28)26-21-22(31)29(2)24(32)27-21/h5-12,18,20,23,30H,13H2,1-4H3,(H,26,27,32)/p+1. The van der Waals surface area contributed by atoms with E-state index in [1.807, 2.05) is 31.3 Å². The molecule has 4 unspecified atom stereocenters. The molecule has 34 heavy (non-hydrogen) atoms. The first-order valence-corrected chi connectivity index (χ1v) is 10.8. The van der Waals surface area contributed by atoms with Gasteiger partial charge >= 0.3 is 6.03 Å². The minimum absolute atomic E-state index is 0.0519. The van der Waals surface area contributed by atoms with Crippen molar-refractivity contribution in [1.29, 1.82) is 0 Å². The number of quaternary nitrogens is 1. The van der Waals surface area contributed by atoms with Crippen molar-refractivity contribution in [3.8, 4) is 11.5 Å². The maximum Gasteiger partial charge on any atom is 0.329 e. The van der Waals surface area contributed by atoms with Gasteiger partial charge in [-0.3, -0.25) is 19.9 Å². The molecule has 3 N–H and O–H groups in total. The zero-order valence-electron chi connectivity index (χ0n) is 19.5. The molecular weight excluding hydrogens is 438 g/mol. The first-order chi connectivity index (χ1) is 16.3. The summed E-state index contributed by atoms with van der Waals surface area (Å²) < 4.78 is 10.5. The fourth-order valence-electron chi connectivity index (χ4n) is 4.06. The fraction of sp³-hybridized carbons (Fsp3) is 0.333. The van der Waals surface area contributed by atoms with Crippen molar-refractivity contribution in [3.05, 3.63) is 59.7 Å². The van der Waals surface area contributed by atoms with Gasteiger partial charge in [-0.25, -0.2) is 9.79 Å². The van der Waals surface area contributed by atoms with E-state index in [0.29, 0.717) is 23.4 Å². The zero-order valence-corrected chi connectivity index (χ0v) is 19.5. The molecule has 0 saturated carbocycles. The van der Waals surface area contributed by atoms with Crippen LogP contribution in [0, 0.1) is 0 Å². The molecule has 3 amide bonds. The number of carbonyl (C=O) groups excluding carboxylic acids is 2. The molecule has 2 heterocycles. The number of imide groups is 1. The van der Waals surface area contributed by atoms with Gasteiger partial charge in [0.25, 0.3) is 12.2 Å². The Balaban J connectivity index is 1.66. The maximum atomic E-state index is 12.3. The Hall–Kier alpha value is -3.76. The predicted octanol–water partition coefficient (Wildman–Crippen LogP) is 0.182. The van der Waals surface area contributed by atoms with E-state index >= 15 is 0 Å². The largest absolute Gasteiger partial charge is 0.497 e. The van der Waals surface area contributed by atoms with E-state index < -0.39 is 24.3 Å². The van der Waals surface area contributed by atoms with Crippen LogP contribution in [0.25, 0.3) is 0 Å². The Morgan fingerprint density at radius 2 is 1.68 bits per heavy atom. The Kier molecular flexibility index (Phi) is 6.62. The average Bonchev–Trinajstić information content (AvgIpc) is 3.29. The number of aliphatic hydroxyl groups is 1. The monoisotopic (exact) mass is 466 g/mol. The predicted molar refractivity (Wildman–Crippen MR) is 125 cm³/mol. The molecule has 10 heteroatoms. The highest BCUT2D eigenvalue weighted by atomic mass is 16.5. The van der Waals surface area contributed by atoms with Gasteiger partial charge in [0.1, 0.15) is 29.4 Å². The fourth-order valence-corrected chi connectivity index (χ4v) is 4.06. The number of methoxy groups -OCH3 is 2. The molecule has 0 aliphatic carbocycles. The molecule has 2 aliphatic rings. The smallest absolute Gasteiger partial charge is 0.329 e. The molecule has 1 saturated heterocycles. The normalized spacial score (nSPS) is 24.3. The topological polar surface area (TPSA) is 117 Å². The van der Waals surface area contributed by atoms with Crippen molar-refractivity contribution in [2.75, 3.05) is 28.3 Å². The number of benzene rings is 2. The minimum atomic E-state index is -0.967. The lowest BCUT2D eigenvalue weighted by molar-refractivity contribution is -0.912. The van der Waals surface area contributed by atoms with Crippen LogP contribution >= 0.6 is 0 Å². The summed E-state index contributed by atoms with van der Waals surface area (Å²) in [5.74, 6) is 0.880. The summed E-state index contributed by atoms with van der Waals surface area (Å²) in [6.07, 6.45) is -1.08. The highest BCUT2D eigenvalue weighted by Crippen LogP contribution is 2.23. The number of ether oxygens (including phenoxy) is 2. The second-order valence-electron chi connectivity index (χ2n) is 8.22. The third kappa shape index (κ3) is 4.50. The summed E-state index contributed by atoms with van der Waals surface area (Å²) in [5.41, 5.74) is 2.27. The second kappa shape index (κ2) is 9.62. The zero-order chi connectivity index (χ0) is 24.4.